The number of hydrogen-bond donors (Lipinski definition) is 1. The minimum Gasteiger partial charge on any atom is -0.504 e. The lowest BCUT2D eigenvalue weighted by molar-refractivity contribution is 0.0254. The minimum atomic E-state index is 0.0691. The van der Waals surface area contributed by atoms with E-state index in [1.165, 1.54) is 7.11 Å². The highest BCUT2D eigenvalue weighted by atomic mass is 16.5. The van der Waals surface area contributed by atoms with Gasteiger partial charge in [-0.2, -0.15) is 5.26 Å². The summed E-state index contributed by atoms with van der Waals surface area (Å²) in [5.74, 6) is 1.72. The Labute approximate surface area is 180 Å². The van der Waals surface area contributed by atoms with E-state index in [0.29, 0.717) is 42.5 Å². The highest BCUT2D eigenvalue weighted by molar-refractivity contribution is 5.64. The molecule has 7 nitrogen and oxygen atoms in total. The van der Waals surface area contributed by atoms with Crippen LogP contribution in [0.15, 0.2) is 48.7 Å². The second kappa shape index (κ2) is 9.45. The molecule has 158 valence electrons. The third kappa shape index (κ3) is 4.93. The molecule has 0 spiro atoms. The van der Waals surface area contributed by atoms with E-state index >= 15 is 0 Å². The van der Waals surface area contributed by atoms with Gasteiger partial charge in [-0.3, -0.25) is 0 Å². The van der Waals surface area contributed by atoms with Gasteiger partial charge in [0.05, 0.1) is 31.6 Å². The number of aromatic nitrogens is 2. The summed E-state index contributed by atoms with van der Waals surface area (Å²) in [5.41, 5.74) is 2.95. The molecule has 3 aromatic rings. The molecule has 0 aliphatic carbocycles. The molecule has 1 aliphatic rings. The van der Waals surface area contributed by atoms with Crippen LogP contribution in [0.5, 0.6) is 17.2 Å². The van der Waals surface area contributed by atoms with E-state index < -0.39 is 0 Å². The van der Waals surface area contributed by atoms with Crippen molar-refractivity contribution in [3.8, 4) is 34.6 Å². The second-order valence-corrected chi connectivity index (χ2v) is 7.29. The van der Waals surface area contributed by atoms with E-state index in [1.54, 1.807) is 24.4 Å². The number of ether oxygens (including phenoxy) is 3. The summed E-state index contributed by atoms with van der Waals surface area (Å²) in [6.07, 6.45) is 3.90. The van der Waals surface area contributed by atoms with Crippen LogP contribution in [0, 0.1) is 11.3 Å². The van der Waals surface area contributed by atoms with Crippen LogP contribution in [0.25, 0.3) is 11.3 Å². The first kappa shape index (κ1) is 20.6. The van der Waals surface area contributed by atoms with Gasteiger partial charge in [-0.05, 0) is 42.0 Å². The second-order valence-electron chi connectivity index (χ2n) is 7.29. The van der Waals surface area contributed by atoms with Gasteiger partial charge < -0.3 is 19.3 Å². The average molecular weight is 417 g/mol. The summed E-state index contributed by atoms with van der Waals surface area (Å²) in [5, 5.41) is 19.4. The van der Waals surface area contributed by atoms with Crippen molar-refractivity contribution >= 4 is 0 Å². The van der Waals surface area contributed by atoms with Crippen LogP contribution < -0.4 is 9.47 Å². The summed E-state index contributed by atoms with van der Waals surface area (Å²) in [4.78, 5) is 9.02. The van der Waals surface area contributed by atoms with Crippen molar-refractivity contribution < 1.29 is 19.3 Å². The van der Waals surface area contributed by atoms with Gasteiger partial charge in [0.2, 0.25) is 0 Å². The largest absolute Gasteiger partial charge is 0.504 e. The van der Waals surface area contributed by atoms with Crippen LogP contribution in [0.2, 0.25) is 0 Å². The van der Waals surface area contributed by atoms with Crippen molar-refractivity contribution in [2.45, 2.75) is 25.4 Å². The number of phenolic OH excluding ortho intramolecular Hbond substituents is 1. The zero-order valence-corrected chi connectivity index (χ0v) is 17.2. The topological polar surface area (TPSA) is 97.5 Å². The molecule has 4 rings (SSSR count). The molecule has 0 bridgehead atoms. The van der Waals surface area contributed by atoms with Crippen LogP contribution in [-0.2, 0) is 11.2 Å². The number of nitriles is 1. The Balaban J connectivity index is 1.55. The molecule has 1 N–H and O–H groups in total. The highest BCUT2D eigenvalue weighted by Gasteiger charge is 2.17. The number of nitrogens with zero attached hydrogens (tertiary/aromatic N) is 3. The number of aromatic hydroxyl groups is 1. The van der Waals surface area contributed by atoms with Gasteiger partial charge in [-0.15, -0.1) is 0 Å². The molecule has 1 aromatic heterocycles. The quantitative estimate of drug-likeness (QED) is 0.650. The molecule has 0 radical (unpaired) electrons. The lowest BCUT2D eigenvalue weighted by Gasteiger charge is -2.23. The van der Waals surface area contributed by atoms with Gasteiger partial charge in [-0.25, -0.2) is 9.97 Å². The summed E-state index contributed by atoms with van der Waals surface area (Å²) >= 11 is 0. The van der Waals surface area contributed by atoms with Crippen molar-refractivity contribution in [3.63, 3.8) is 0 Å². The molecule has 1 fully saturated rings. The summed E-state index contributed by atoms with van der Waals surface area (Å²) in [7, 11) is 1.51. The molecule has 1 saturated heterocycles. The number of hydrogen-bond acceptors (Lipinski definition) is 7. The SMILES string of the molecule is COc1cc(Cc2nccc(-c3ccc(OC4CCOCC4)c(C#N)c3)n2)ccc1O. The molecule has 0 saturated carbocycles. The number of phenols is 1. The number of benzene rings is 2. The first-order valence-corrected chi connectivity index (χ1v) is 10.1. The number of rotatable bonds is 6. The van der Waals surface area contributed by atoms with Gasteiger partial charge in [0.25, 0.3) is 0 Å². The minimum absolute atomic E-state index is 0.0691. The van der Waals surface area contributed by atoms with E-state index in [9.17, 15) is 10.4 Å². The van der Waals surface area contributed by atoms with Gasteiger partial charge in [0.1, 0.15) is 23.7 Å². The Kier molecular flexibility index (Phi) is 6.29. The Morgan fingerprint density at radius 2 is 1.97 bits per heavy atom. The van der Waals surface area contributed by atoms with Gasteiger partial charge in [-0.1, -0.05) is 6.07 Å². The van der Waals surface area contributed by atoms with Gasteiger partial charge >= 0.3 is 0 Å². The lowest BCUT2D eigenvalue weighted by Crippen LogP contribution is -2.26. The smallest absolute Gasteiger partial charge is 0.160 e. The fourth-order valence-electron chi connectivity index (χ4n) is 3.51. The van der Waals surface area contributed by atoms with Crippen molar-refractivity contribution in [3.05, 3.63) is 65.6 Å². The molecule has 31 heavy (non-hydrogen) atoms. The Morgan fingerprint density at radius 3 is 2.74 bits per heavy atom. The zero-order chi connectivity index (χ0) is 21.6. The van der Waals surface area contributed by atoms with Gasteiger partial charge in [0, 0.05) is 31.0 Å². The normalized spacial score (nSPS) is 14.1. The standard InChI is InChI=1S/C24H23N3O4/c1-29-23-12-16(2-4-21(23)28)13-24-26-9-6-20(27-24)17-3-5-22(18(14-17)15-25)31-19-7-10-30-11-8-19/h2-6,9,12,14,19,28H,7-8,10-11,13H2,1H3. The van der Waals surface area contributed by atoms with Gasteiger partial charge in [0.15, 0.2) is 11.5 Å². The van der Waals surface area contributed by atoms with Crippen molar-refractivity contribution in [1.82, 2.24) is 9.97 Å². The van der Waals surface area contributed by atoms with E-state index in [0.717, 1.165) is 29.7 Å². The predicted octanol–water partition coefficient (Wildman–Crippen LogP) is 3.88. The summed E-state index contributed by atoms with van der Waals surface area (Å²) < 4.78 is 16.6. The lowest BCUT2D eigenvalue weighted by atomic mass is 10.1. The molecular formula is C24H23N3O4. The molecule has 0 unspecified atom stereocenters. The molecular weight excluding hydrogens is 394 g/mol. The molecule has 0 amide bonds. The van der Waals surface area contributed by atoms with Crippen LogP contribution in [0.3, 0.4) is 0 Å². The molecule has 7 heteroatoms. The highest BCUT2D eigenvalue weighted by Crippen LogP contribution is 2.29. The zero-order valence-electron chi connectivity index (χ0n) is 17.2. The average Bonchev–Trinajstić information content (AvgIpc) is 2.81. The molecule has 1 aliphatic heterocycles. The van der Waals surface area contributed by atoms with Crippen LogP contribution in [-0.4, -0.2) is 41.5 Å². The fourth-order valence-corrected chi connectivity index (χ4v) is 3.51. The maximum absolute atomic E-state index is 9.77. The first-order valence-electron chi connectivity index (χ1n) is 10.1. The Bertz CT molecular complexity index is 1100. The van der Waals surface area contributed by atoms with E-state index in [1.807, 2.05) is 24.3 Å². The third-order valence-electron chi connectivity index (χ3n) is 5.17. The third-order valence-corrected chi connectivity index (χ3v) is 5.17. The molecule has 2 aromatic carbocycles. The fraction of sp³-hybridized carbons (Fsp3) is 0.292. The van der Waals surface area contributed by atoms with E-state index in [2.05, 4.69) is 16.0 Å². The van der Waals surface area contributed by atoms with Crippen molar-refractivity contribution in [1.29, 1.82) is 5.26 Å². The monoisotopic (exact) mass is 417 g/mol. The maximum atomic E-state index is 9.77. The maximum Gasteiger partial charge on any atom is 0.160 e. The van der Waals surface area contributed by atoms with E-state index in [-0.39, 0.29) is 11.9 Å². The number of methoxy groups -OCH3 is 1. The summed E-state index contributed by atoms with van der Waals surface area (Å²) in [6.45, 7) is 1.36. The van der Waals surface area contributed by atoms with Crippen LogP contribution in [0.1, 0.15) is 29.8 Å². The Hall–Kier alpha value is -3.63. The predicted molar refractivity (Wildman–Crippen MR) is 114 cm³/mol. The van der Waals surface area contributed by atoms with Crippen molar-refractivity contribution in [2.24, 2.45) is 0 Å². The van der Waals surface area contributed by atoms with E-state index in [4.69, 9.17) is 14.2 Å². The molecule has 2 heterocycles. The first-order chi connectivity index (χ1) is 15.2. The summed E-state index contributed by atoms with van der Waals surface area (Å²) in [6, 6.07) is 14.7. The van der Waals surface area contributed by atoms with Crippen LogP contribution >= 0.6 is 0 Å². The van der Waals surface area contributed by atoms with Crippen molar-refractivity contribution in [2.75, 3.05) is 20.3 Å². The Morgan fingerprint density at radius 1 is 1.13 bits per heavy atom. The van der Waals surface area contributed by atoms with Crippen LogP contribution in [0.4, 0.5) is 0 Å². The molecule has 0 atom stereocenters.